The van der Waals surface area contributed by atoms with Crippen molar-refractivity contribution in [2.45, 2.75) is 20.0 Å². The molecule has 0 saturated heterocycles. The minimum Gasteiger partial charge on any atom is -0.465 e. The van der Waals surface area contributed by atoms with E-state index in [1.54, 1.807) is 13.0 Å². The third-order valence-corrected chi connectivity index (χ3v) is 3.27. The molecule has 2 aromatic rings. The predicted molar refractivity (Wildman–Crippen MR) is 81.4 cm³/mol. The van der Waals surface area contributed by atoms with Gasteiger partial charge in [0, 0.05) is 11.6 Å². The van der Waals surface area contributed by atoms with E-state index in [1.165, 1.54) is 31.4 Å². The number of methoxy groups -OCH3 is 1. The van der Waals surface area contributed by atoms with Gasteiger partial charge < -0.3 is 13.9 Å². The zero-order valence-corrected chi connectivity index (χ0v) is 13.1. The van der Waals surface area contributed by atoms with Gasteiger partial charge in [0.15, 0.2) is 0 Å². The fourth-order valence-corrected chi connectivity index (χ4v) is 2.12. The van der Waals surface area contributed by atoms with Crippen LogP contribution < -0.4 is 0 Å². The molecule has 0 spiro atoms. The minimum absolute atomic E-state index is 0.142. The van der Waals surface area contributed by atoms with E-state index in [2.05, 4.69) is 4.74 Å². The van der Waals surface area contributed by atoms with Crippen LogP contribution in [0.1, 0.15) is 27.4 Å². The molecule has 0 saturated carbocycles. The first-order valence-corrected chi connectivity index (χ1v) is 6.98. The van der Waals surface area contributed by atoms with Crippen molar-refractivity contribution in [3.8, 4) is 0 Å². The third-order valence-electron chi connectivity index (χ3n) is 3.27. The van der Waals surface area contributed by atoms with Crippen LogP contribution in [0.15, 0.2) is 34.7 Å². The van der Waals surface area contributed by atoms with Crippen molar-refractivity contribution < 1.29 is 28.4 Å². The van der Waals surface area contributed by atoms with Crippen LogP contribution in [0.5, 0.6) is 0 Å². The molecular weight excluding hydrogens is 318 g/mol. The van der Waals surface area contributed by atoms with Crippen LogP contribution in [0.3, 0.4) is 0 Å². The maximum atomic E-state index is 11.9. The molecule has 126 valence electrons. The van der Waals surface area contributed by atoms with E-state index in [0.717, 1.165) is 0 Å². The first-order chi connectivity index (χ1) is 11.4. The SMILES string of the molecule is COC(=O)c1cc(COC(=O)Cc2ccccc2[N+](=O)[O-])oc1C. The molecule has 1 aromatic heterocycles. The molecule has 0 atom stereocenters. The van der Waals surface area contributed by atoms with Gasteiger partial charge in [-0.15, -0.1) is 0 Å². The Bertz CT molecular complexity index is 778. The third kappa shape index (κ3) is 3.97. The minimum atomic E-state index is -0.641. The van der Waals surface area contributed by atoms with Gasteiger partial charge in [0.05, 0.1) is 18.5 Å². The first-order valence-electron chi connectivity index (χ1n) is 6.98. The average Bonchev–Trinajstić information content (AvgIpc) is 2.93. The van der Waals surface area contributed by atoms with E-state index in [9.17, 15) is 19.7 Å². The fraction of sp³-hybridized carbons (Fsp3) is 0.250. The lowest BCUT2D eigenvalue weighted by Crippen LogP contribution is -2.09. The highest BCUT2D eigenvalue weighted by Crippen LogP contribution is 2.20. The number of aryl methyl sites for hydroxylation is 1. The van der Waals surface area contributed by atoms with E-state index >= 15 is 0 Å². The summed E-state index contributed by atoms with van der Waals surface area (Å²) in [5.41, 5.74) is 0.372. The van der Waals surface area contributed by atoms with Gasteiger partial charge >= 0.3 is 11.9 Å². The Labute approximate surface area is 137 Å². The van der Waals surface area contributed by atoms with Crippen LogP contribution in [0.4, 0.5) is 5.69 Å². The lowest BCUT2D eigenvalue weighted by molar-refractivity contribution is -0.385. The molecule has 0 bridgehead atoms. The van der Waals surface area contributed by atoms with Crippen LogP contribution in [0.25, 0.3) is 0 Å². The summed E-state index contributed by atoms with van der Waals surface area (Å²) >= 11 is 0. The zero-order valence-electron chi connectivity index (χ0n) is 13.1. The fourth-order valence-electron chi connectivity index (χ4n) is 2.12. The van der Waals surface area contributed by atoms with Gasteiger partial charge in [-0.3, -0.25) is 14.9 Å². The molecule has 0 aliphatic rings. The topological polar surface area (TPSA) is 109 Å². The van der Waals surface area contributed by atoms with Gasteiger partial charge in [-0.2, -0.15) is 0 Å². The summed E-state index contributed by atoms with van der Waals surface area (Å²) in [5.74, 6) is -0.554. The highest BCUT2D eigenvalue weighted by Gasteiger charge is 2.18. The number of hydrogen-bond donors (Lipinski definition) is 0. The molecule has 24 heavy (non-hydrogen) atoms. The lowest BCUT2D eigenvalue weighted by Gasteiger charge is -2.04. The molecule has 0 N–H and O–H groups in total. The van der Waals surface area contributed by atoms with E-state index < -0.39 is 16.9 Å². The van der Waals surface area contributed by atoms with Crippen molar-refractivity contribution in [2.24, 2.45) is 0 Å². The van der Waals surface area contributed by atoms with Gasteiger partial charge in [0.25, 0.3) is 5.69 Å². The van der Waals surface area contributed by atoms with Crippen LogP contribution in [-0.2, 0) is 27.3 Å². The quantitative estimate of drug-likeness (QED) is 0.454. The molecule has 0 unspecified atom stereocenters. The number of para-hydroxylation sites is 1. The van der Waals surface area contributed by atoms with Gasteiger partial charge in [-0.25, -0.2) is 4.79 Å². The van der Waals surface area contributed by atoms with Crippen LogP contribution in [0, 0.1) is 17.0 Å². The number of furan rings is 1. The molecule has 0 aliphatic carbocycles. The Hall–Kier alpha value is -3.16. The van der Waals surface area contributed by atoms with Crippen LogP contribution in [0.2, 0.25) is 0 Å². The Morgan fingerprint density at radius 3 is 2.67 bits per heavy atom. The van der Waals surface area contributed by atoms with E-state index in [0.29, 0.717) is 5.76 Å². The van der Waals surface area contributed by atoms with Crippen molar-refractivity contribution in [2.75, 3.05) is 7.11 Å². The van der Waals surface area contributed by atoms with Crippen molar-refractivity contribution in [1.82, 2.24) is 0 Å². The number of nitro benzene ring substituents is 1. The normalized spacial score (nSPS) is 10.2. The summed E-state index contributed by atoms with van der Waals surface area (Å²) in [6.07, 6.45) is -0.235. The van der Waals surface area contributed by atoms with Crippen molar-refractivity contribution in [3.63, 3.8) is 0 Å². The summed E-state index contributed by atoms with van der Waals surface area (Å²) in [6, 6.07) is 7.37. The standard InChI is InChI=1S/C16H15NO7/c1-10-13(16(19)22-2)8-12(24-10)9-23-15(18)7-11-5-3-4-6-14(11)17(20)21/h3-6,8H,7,9H2,1-2H3. The highest BCUT2D eigenvalue weighted by molar-refractivity contribution is 5.90. The van der Waals surface area contributed by atoms with Gasteiger partial charge in [-0.05, 0) is 13.0 Å². The van der Waals surface area contributed by atoms with Crippen molar-refractivity contribution in [1.29, 1.82) is 0 Å². The first kappa shape index (κ1) is 17.2. The van der Waals surface area contributed by atoms with Gasteiger partial charge in [0.2, 0.25) is 0 Å². The molecule has 0 radical (unpaired) electrons. The maximum Gasteiger partial charge on any atom is 0.341 e. The van der Waals surface area contributed by atoms with Crippen LogP contribution >= 0.6 is 0 Å². The number of hydrogen-bond acceptors (Lipinski definition) is 7. The molecule has 0 fully saturated rings. The summed E-state index contributed by atoms with van der Waals surface area (Å²) in [6.45, 7) is 1.40. The Morgan fingerprint density at radius 1 is 1.29 bits per heavy atom. The Kier molecular flexibility index (Phi) is 5.31. The molecule has 1 aromatic carbocycles. The summed E-state index contributed by atoms with van der Waals surface area (Å²) in [7, 11) is 1.25. The second-order valence-corrected chi connectivity index (χ2v) is 4.90. The molecule has 0 aliphatic heterocycles. The smallest absolute Gasteiger partial charge is 0.341 e. The second kappa shape index (κ2) is 7.40. The van der Waals surface area contributed by atoms with Gasteiger partial charge in [-0.1, -0.05) is 18.2 Å². The molecule has 1 heterocycles. The summed E-state index contributed by atoms with van der Waals surface area (Å²) in [5, 5.41) is 10.9. The predicted octanol–water partition coefficient (Wildman–Crippen LogP) is 2.57. The number of benzene rings is 1. The van der Waals surface area contributed by atoms with Crippen molar-refractivity contribution in [3.05, 3.63) is 63.1 Å². The monoisotopic (exact) mass is 333 g/mol. The van der Waals surface area contributed by atoms with E-state index in [-0.39, 0.29) is 35.6 Å². The number of esters is 2. The van der Waals surface area contributed by atoms with E-state index in [4.69, 9.17) is 9.15 Å². The number of rotatable bonds is 6. The number of carbonyl (C=O) groups is 2. The lowest BCUT2D eigenvalue weighted by atomic mass is 10.1. The molecule has 8 heteroatoms. The number of nitro groups is 1. The summed E-state index contributed by atoms with van der Waals surface area (Å²) < 4.78 is 15.0. The zero-order chi connectivity index (χ0) is 17.7. The summed E-state index contributed by atoms with van der Waals surface area (Å²) in [4.78, 5) is 33.7. The van der Waals surface area contributed by atoms with Gasteiger partial charge in [0.1, 0.15) is 23.7 Å². The molecule has 8 nitrogen and oxygen atoms in total. The van der Waals surface area contributed by atoms with Crippen LogP contribution in [-0.4, -0.2) is 24.0 Å². The number of nitrogens with zero attached hydrogens (tertiary/aromatic N) is 1. The van der Waals surface area contributed by atoms with E-state index in [1.807, 2.05) is 0 Å². The molecule has 0 amide bonds. The molecular formula is C16H15NO7. The highest BCUT2D eigenvalue weighted by atomic mass is 16.6. The largest absolute Gasteiger partial charge is 0.465 e. The Morgan fingerprint density at radius 2 is 2.00 bits per heavy atom. The Balaban J connectivity index is 1.99. The van der Waals surface area contributed by atoms with Crippen molar-refractivity contribution >= 4 is 17.6 Å². The number of ether oxygens (including phenoxy) is 2. The maximum absolute atomic E-state index is 11.9. The average molecular weight is 333 g/mol. The molecule has 2 rings (SSSR count). The second-order valence-electron chi connectivity index (χ2n) is 4.90. The number of carbonyl (C=O) groups excluding carboxylic acids is 2.